The van der Waals surface area contributed by atoms with Gasteiger partial charge >= 0.3 is 18.3 Å². The Morgan fingerprint density at radius 2 is 1.06 bits per heavy atom. The summed E-state index contributed by atoms with van der Waals surface area (Å²) in [7, 11) is 0. The molecule has 0 spiro atoms. The van der Waals surface area contributed by atoms with E-state index >= 15 is 4.79 Å². The number of guanidine groups is 1. The molecule has 0 aromatic heterocycles. The Labute approximate surface area is 467 Å². The molecule has 2 aliphatic carbocycles. The maximum Gasteiger partial charge on any atom is 0.437 e. The SMILES string of the molecule is CC(C)(C)OC(=O)/N=C(\NCCCCNC(=O)C1(NC(=O)[C@@H](CCC(=O)NC(c2ccccc2)(c2ccccc2)c2ccccc2)NC(=O)OCC2c3ccccc3-c3ccccc32)Cc2ccccc2C1)NC(=O)OC(C)(C)C. The number of fused-ring (bicyclic) bond motifs is 4. The summed E-state index contributed by atoms with van der Waals surface area (Å²) in [6.45, 7) is 10.6. The van der Waals surface area contributed by atoms with Gasteiger partial charge < -0.3 is 40.8 Å². The van der Waals surface area contributed by atoms with Crippen molar-refractivity contribution in [2.75, 3.05) is 19.7 Å². The van der Waals surface area contributed by atoms with Crippen LogP contribution in [0.4, 0.5) is 14.4 Å². The van der Waals surface area contributed by atoms with Crippen LogP contribution in [0.1, 0.15) is 112 Å². The maximum atomic E-state index is 15.0. The molecule has 6 N–H and O–H groups in total. The number of amides is 6. The van der Waals surface area contributed by atoms with Crippen molar-refractivity contribution in [3.8, 4) is 11.1 Å². The number of hydrogen-bond acceptors (Lipinski definition) is 9. The highest BCUT2D eigenvalue weighted by molar-refractivity contribution is 5.99. The van der Waals surface area contributed by atoms with E-state index in [9.17, 15) is 24.0 Å². The monoisotopic (exact) mass is 1080 g/mol. The number of ether oxygens (including phenoxy) is 3. The minimum Gasteiger partial charge on any atom is -0.449 e. The molecule has 16 nitrogen and oxygen atoms in total. The van der Waals surface area contributed by atoms with Gasteiger partial charge in [-0.25, -0.2) is 14.4 Å². The Morgan fingerprint density at radius 3 is 1.57 bits per heavy atom. The van der Waals surface area contributed by atoms with Gasteiger partial charge in [-0.15, -0.1) is 4.99 Å². The Balaban J connectivity index is 1.00. The highest BCUT2D eigenvalue weighted by Crippen LogP contribution is 2.45. The number of benzene rings is 6. The molecule has 0 aliphatic heterocycles. The molecule has 0 radical (unpaired) electrons. The van der Waals surface area contributed by atoms with Gasteiger partial charge in [0, 0.05) is 38.3 Å². The van der Waals surface area contributed by atoms with Crippen LogP contribution in [0.5, 0.6) is 0 Å². The van der Waals surface area contributed by atoms with Gasteiger partial charge in [0.1, 0.15) is 34.9 Å². The van der Waals surface area contributed by atoms with Crippen LogP contribution < -0.4 is 31.9 Å². The largest absolute Gasteiger partial charge is 0.449 e. The summed E-state index contributed by atoms with van der Waals surface area (Å²) in [4.78, 5) is 87.7. The predicted octanol–water partition coefficient (Wildman–Crippen LogP) is 9.74. The fraction of sp³-hybridized carbons (Fsp3) is 0.328. The van der Waals surface area contributed by atoms with Crippen LogP contribution in [0, 0.1) is 0 Å². The van der Waals surface area contributed by atoms with Crippen LogP contribution in [0.3, 0.4) is 0 Å². The minimum absolute atomic E-state index is 0.0162. The summed E-state index contributed by atoms with van der Waals surface area (Å²) in [6, 6.07) is 51.2. The van der Waals surface area contributed by atoms with Gasteiger partial charge in [-0.1, -0.05) is 164 Å². The lowest BCUT2D eigenvalue weighted by Gasteiger charge is -2.37. The summed E-state index contributed by atoms with van der Waals surface area (Å²) in [5.41, 5.74) is 4.09. The summed E-state index contributed by atoms with van der Waals surface area (Å²) in [5.74, 6) is -1.93. The smallest absolute Gasteiger partial charge is 0.437 e. The first-order chi connectivity index (χ1) is 38.3. The number of aliphatic imine (C=N–C) groups is 1. The van der Waals surface area contributed by atoms with Gasteiger partial charge in [0.2, 0.25) is 23.7 Å². The van der Waals surface area contributed by atoms with E-state index in [0.29, 0.717) is 12.8 Å². The van der Waals surface area contributed by atoms with Crippen molar-refractivity contribution in [2.24, 2.45) is 4.99 Å². The van der Waals surface area contributed by atoms with Crippen LogP contribution in [0.2, 0.25) is 0 Å². The average molecular weight is 1080 g/mol. The predicted molar refractivity (Wildman–Crippen MR) is 307 cm³/mol. The normalized spacial score (nSPS) is 14.0. The Bertz CT molecular complexity index is 3020. The van der Waals surface area contributed by atoms with Crippen molar-refractivity contribution >= 4 is 42.0 Å². The molecule has 16 heteroatoms. The second-order valence-corrected chi connectivity index (χ2v) is 22.1. The van der Waals surface area contributed by atoms with Crippen molar-refractivity contribution in [1.82, 2.24) is 31.9 Å². The maximum absolute atomic E-state index is 15.0. The Kier molecular flexibility index (Phi) is 18.2. The fourth-order valence-corrected chi connectivity index (χ4v) is 10.3. The minimum atomic E-state index is -1.48. The number of alkyl carbamates (subject to hydrolysis) is 2. The highest BCUT2D eigenvalue weighted by atomic mass is 16.6. The lowest BCUT2D eigenvalue weighted by Crippen LogP contribution is -2.63. The number of nitrogens with zero attached hydrogens (tertiary/aromatic N) is 1. The van der Waals surface area contributed by atoms with E-state index in [4.69, 9.17) is 14.2 Å². The van der Waals surface area contributed by atoms with E-state index in [1.165, 1.54) is 0 Å². The molecule has 2 aliphatic rings. The Morgan fingerprint density at radius 1 is 0.588 bits per heavy atom. The van der Waals surface area contributed by atoms with Crippen molar-refractivity contribution < 1.29 is 43.0 Å². The first-order valence-electron chi connectivity index (χ1n) is 27.1. The van der Waals surface area contributed by atoms with Crippen LogP contribution in [-0.4, -0.2) is 84.4 Å². The number of rotatable bonds is 18. The molecule has 0 saturated carbocycles. The lowest BCUT2D eigenvalue weighted by atomic mass is 9.77. The number of carbonyl (C=O) groups excluding carboxylic acids is 6. The average Bonchev–Trinajstić information content (AvgIpc) is 4.01. The lowest BCUT2D eigenvalue weighted by molar-refractivity contribution is -0.134. The van der Waals surface area contributed by atoms with E-state index in [1.54, 1.807) is 41.5 Å². The first kappa shape index (κ1) is 57.4. The number of carbonyl (C=O) groups is 6. The van der Waals surface area contributed by atoms with Gasteiger partial charge in [0.15, 0.2) is 0 Å². The summed E-state index contributed by atoms with van der Waals surface area (Å²) in [5, 5.41) is 17.7. The van der Waals surface area contributed by atoms with Crippen molar-refractivity contribution in [3.63, 3.8) is 0 Å². The standard InChI is InChI=1S/C64H71N7O9/c1-61(2,3)79-59(76)68-57(69-60(77)80-62(4,5)6)66-39-23-22-38-65-56(74)63(40-43-24-16-17-25-44(43)41-63)71-55(73)53(67-58(75)78-42-52-50-34-20-18-32-48(50)49-33-19-21-35-51(49)52)36-37-54(72)70-64(45-26-10-7-11-27-45,46-28-12-8-13-29-46)47-30-14-9-15-31-47/h7-21,24-35,52-53H,22-23,36-42H2,1-6H3,(H,65,74)(H,67,75)(H,70,72)(H,71,73)(H2,66,68,69,76,77)/t53-/m1/s1. The van der Waals surface area contributed by atoms with Crippen LogP contribution in [0.25, 0.3) is 11.1 Å². The fourth-order valence-electron chi connectivity index (χ4n) is 10.3. The van der Waals surface area contributed by atoms with E-state index < -0.39 is 64.3 Å². The number of hydrogen-bond donors (Lipinski definition) is 6. The summed E-state index contributed by atoms with van der Waals surface area (Å²) >= 11 is 0. The molecule has 80 heavy (non-hydrogen) atoms. The molecule has 6 aromatic carbocycles. The van der Waals surface area contributed by atoms with Crippen molar-refractivity contribution in [1.29, 1.82) is 0 Å². The third kappa shape index (κ3) is 14.5. The van der Waals surface area contributed by atoms with E-state index in [2.05, 4.69) is 36.9 Å². The van der Waals surface area contributed by atoms with Crippen molar-refractivity contribution in [3.05, 3.63) is 203 Å². The molecular formula is C64H71N7O9. The van der Waals surface area contributed by atoms with E-state index in [-0.39, 0.29) is 57.3 Å². The second kappa shape index (κ2) is 25.3. The second-order valence-electron chi connectivity index (χ2n) is 22.1. The zero-order valence-corrected chi connectivity index (χ0v) is 46.2. The van der Waals surface area contributed by atoms with Crippen molar-refractivity contribution in [2.45, 2.75) is 114 Å². The number of nitrogens with one attached hydrogen (secondary N) is 6. The van der Waals surface area contributed by atoms with Gasteiger partial charge in [-0.2, -0.15) is 0 Å². The van der Waals surface area contributed by atoms with Gasteiger partial charge in [0.25, 0.3) is 0 Å². The first-order valence-corrected chi connectivity index (χ1v) is 27.1. The van der Waals surface area contributed by atoms with Gasteiger partial charge in [-0.05, 0) is 111 Å². The molecule has 1 atom stereocenters. The zero-order chi connectivity index (χ0) is 56.9. The molecule has 8 rings (SSSR count). The third-order valence-corrected chi connectivity index (χ3v) is 13.9. The molecule has 416 valence electrons. The molecule has 0 heterocycles. The zero-order valence-electron chi connectivity index (χ0n) is 46.2. The molecule has 0 saturated heterocycles. The van der Waals surface area contributed by atoms with E-state index in [0.717, 1.165) is 50.1 Å². The molecule has 0 fully saturated rings. The van der Waals surface area contributed by atoms with Crippen LogP contribution in [0.15, 0.2) is 169 Å². The molecule has 6 amide bonds. The molecule has 0 unspecified atom stereocenters. The van der Waals surface area contributed by atoms with E-state index in [1.807, 2.05) is 164 Å². The Hall–Kier alpha value is -8.79. The van der Waals surface area contributed by atoms with Crippen LogP contribution in [-0.2, 0) is 47.0 Å². The molecule has 0 bridgehead atoms. The topological polar surface area (TPSA) is 215 Å². The van der Waals surface area contributed by atoms with Gasteiger partial charge in [-0.3, -0.25) is 19.7 Å². The quantitative estimate of drug-likeness (QED) is 0.0158. The van der Waals surface area contributed by atoms with Gasteiger partial charge in [0.05, 0.1) is 0 Å². The summed E-state index contributed by atoms with van der Waals surface area (Å²) in [6.07, 6.45) is -1.73. The highest BCUT2D eigenvalue weighted by Gasteiger charge is 2.46. The summed E-state index contributed by atoms with van der Waals surface area (Å²) < 4.78 is 16.7. The third-order valence-electron chi connectivity index (χ3n) is 13.9. The van der Waals surface area contributed by atoms with Crippen LogP contribution >= 0.6 is 0 Å². The molecular weight excluding hydrogens is 1010 g/mol. The molecule has 6 aromatic rings. The number of unbranched alkanes of at least 4 members (excludes halogenated alkanes) is 1.